The van der Waals surface area contributed by atoms with Gasteiger partial charge in [-0.25, -0.2) is 12.7 Å². The second-order valence-electron chi connectivity index (χ2n) is 7.28. The van der Waals surface area contributed by atoms with Crippen LogP contribution in [0.3, 0.4) is 0 Å². The van der Waals surface area contributed by atoms with Crippen molar-refractivity contribution in [3.63, 3.8) is 0 Å². The number of hydrogen-bond acceptors (Lipinski definition) is 5. The molecule has 7 nitrogen and oxygen atoms in total. The van der Waals surface area contributed by atoms with Crippen LogP contribution in [-0.2, 0) is 16.6 Å². The monoisotopic (exact) mass is 405 g/mol. The molecule has 1 amide bonds. The predicted molar refractivity (Wildman–Crippen MR) is 108 cm³/mol. The van der Waals surface area contributed by atoms with Crippen molar-refractivity contribution in [3.8, 4) is 0 Å². The predicted octanol–water partition coefficient (Wildman–Crippen LogP) is 2.68. The van der Waals surface area contributed by atoms with Gasteiger partial charge in [-0.2, -0.15) is 0 Å². The largest absolute Gasteiger partial charge is 0.466 e. The van der Waals surface area contributed by atoms with Gasteiger partial charge in [0.25, 0.3) is 5.91 Å². The number of nitrogens with one attached hydrogen (secondary N) is 1. The lowest BCUT2D eigenvalue weighted by Crippen LogP contribution is -2.28. The molecule has 0 aliphatic carbocycles. The van der Waals surface area contributed by atoms with Gasteiger partial charge in [-0.1, -0.05) is 0 Å². The zero-order valence-electron chi connectivity index (χ0n) is 16.8. The topological polar surface area (TPSA) is 82.9 Å². The van der Waals surface area contributed by atoms with Gasteiger partial charge in [-0.05, 0) is 51.0 Å². The summed E-state index contributed by atoms with van der Waals surface area (Å²) in [7, 11) is -0.665. The first-order chi connectivity index (χ1) is 13.2. The molecule has 0 bridgehead atoms. The molecular formula is C20H27N3O4S. The number of nitrogens with zero attached hydrogens (tertiary/aromatic N) is 2. The smallest absolute Gasteiger partial charge is 0.253 e. The van der Waals surface area contributed by atoms with Gasteiger partial charge >= 0.3 is 0 Å². The molecule has 2 heterocycles. The molecule has 1 fully saturated rings. The average molecular weight is 406 g/mol. The molecule has 0 saturated carbocycles. The fraction of sp³-hybridized carbons (Fsp3) is 0.450. The van der Waals surface area contributed by atoms with Crippen LogP contribution in [0.5, 0.6) is 0 Å². The van der Waals surface area contributed by atoms with E-state index in [2.05, 4.69) is 10.2 Å². The molecule has 8 heteroatoms. The minimum Gasteiger partial charge on any atom is -0.466 e. The summed E-state index contributed by atoms with van der Waals surface area (Å²) in [5.74, 6) is 1.26. The Morgan fingerprint density at radius 1 is 1.18 bits per heavy atom. The summed E-state index contributed by atoms with van der Waals surface area (Å²) in [4.78, 5) is 15.2. The van der Waals surface area contributed by atoms with E-state index in [4.69, 9.17) is 4.42 Å². The fourth-order valence-corrected chi connectivity index (χ4v) is 4.36. The van der Waals surface area contributed by atoms with Gasteiger partial charge in [0, 0.05) is 45.0 Å². The molecule has 1 aromatic carbocycles. The molecule has 0 unspecified atom stereocenters. The lowest BCUT2D eigenvalue weighted by Gasteiger charge is -2.22. The van der Waals surface area contributed by atoms with Crippen LogP contribution in [0, 0.1) is 13.8 Å². The first kappa shape index (κ1) is 20.4. The van der Waals surface area contributed by atoms with Crippen LogP contribution in [0.15, 0.2) is 33.6 Å². The highest BCUT2D eigenvalue weighted by Gasteiger charge is 2.24. The third-order valence-electron chi connectivity index (χ3n) is 5.02. The molecule has 28 heavy (non-hydrogen) atoms. The number of furan rings is 1. The van der Waals surface area contributed by atoms with E-state index < -0.39 is 10.0 Å². The molecule has 2 aromatic rings. The van der Waals surface area contributed by atoms with E-state index in [1.807, 2.05) is 19.9 Å². The lowest BCUT2D eigenvalue weighted by molar-refractivity contribution is 0.0951. The molecule has 0 radical (unpaired) electrons. The van der Waals surface area contributed by atoms with Crippen molar-refractivity contribution in [2.75, 3.05) is 32.1 Å². The molecule has 3 rings (SSSR count). The Bertz CT molecular complexity index is 973. The third kappa shape index (κ3) is 4.07. The SMILES string of the molecule is Cc1cc(CNC(=O)c2cc(S(=O)(=O)N(C)C)ccc2N2CCCC2)c(C)o1. The van der Waals surface area contributed by atoms with Gasteiger partial charge in [-0.15, -0.1) is 0 Å². The Labute approximate surface area is 166 Å². The first-order valence-corrected chi connectivity index (χ1v) is 10.8. The lowest BCUT2D eigenvalue weighted by atomic mass is 10.1. The maximum absolute atomic E-state index is 13.0. The second-order valence-corrected chi connectivity index (χ2v) is 9.43. The van der Waals surface area contributed by atoms with Crippen LogP contribution in [-0.4, -0.2) is 45.8 Å². The highest BCUT2D eigenvalue weighted by atomic mass is 32.2. The first-order valence-electron chi connectivity index (χ1n) is 9.36. The third-order valence-corrected chi connectivity index (χ3v) is 6.83. The van der Waals surface area contributed by atoms with Crippen molar-refractivity contribution >= 4 is 21.6 Å². The van der Waals surface area contributed by atoms with Crippen molar-refractivity contribution in [1.82, 2.24) is 9.62 Å². The highest BCUT2D eigenvalue weighted by molar-refractivity contribution is 7.89. The zero-order valence-corrected chi connectivity index (χ0v) is 17.6. The molecule has 1 N–H and O–H groups in total. The van der Waals surface area contributed by atoms with Crippen molar-refractivity contribution in [2.45, 2.75) is 38.1 Å². The number of hydrogen-bond donors (Lipinski definition) is 1. The molecule has 1 aromatic heterocycles. The van der Waals surface area contributed by atoms with Gasteiger partial charge in [0.15, 0.2) is 0 Å². The molecular weight excluding hydrogens is 378 g/mol. The Balaban J connectivity index is 1.93. The summed E-state index contributed by atoms with van der Waals surface area (Å²) in [6, 6.07) is 6.68. The summed E-state index contributed by atoms with van der Waals surface area (Å²) in [6.45, 7) is 5.76. The average Bonchev–Trinajstić information content (AvgIpc) is 3.28. The highest BCUT2D eigenvalue weighted by Crippen LogP contribution is 2.28. The minimum absolute atomic E-state index is 0.112. The van der Waals surface area contributed by atoms with E-state index in [9.17, 15) is 13.2 Å². The number of anilines is 1. The number of benzene rings is 1. The normalized spacial score (nSPS) is 14.7. The molecule has 0 atom stereocenters. The van der Waals surface area contributed by atoms with E-state index in [1.54, 1.807) is 12.1 Å². The number of carbonyl (C=O) groups excluding carboxylic acids is 1. The number of sulfonamides is 1. The van der Waals surface area contributed by atoms with Crippen LogP contribution in [0.2, 0.25) is 0 Å². The molecule has 0 spiro atoms. The van der Waals surface area contributed by atoms with Crippen LogP contribution in [0.25, 0.3) is 0 Å². The number of aryl methyl sites for hydroxylation is 2. The Morgan fingerprint density at radius 3 is 2.43 bits per heavy atom. The number of rotatable bonds is 6. The van der Waals surface area contributed by atoms with E-state index in [0.717, 1.165) is 53.0 Å². The zero-order chi connectivity index (χ0) is 20.5. The molecule has 1 aliphatic heterocycles. The van der Waals surface area contributed by atoms with Gasteiger partial charge in [0.1, 0.15) is 11.5 Å². The molecule has 152 valence electrons. The van der Waals surface area contributed by atoms with Gasteiger partial charge in [-0.3, -0.25) is 4.79 Å². The Kier molecular flexibility index (Phi) is 5.81. The Morgan fingerprint density at radius 2 is 1.86 bits per heavy atom. The van der Waals surface area contributed by atoms with E-state index in [0.29, 0.717) is 12.1 Å². The summed E-state index contributed by atoms with van der Waals surface area (Å²) in [5, 5.41) is 2.91. The van der Waals surface area contributed by atoms with E-state index >= 15 is 0 Å². The van der Waals surface area contributed by atoms with E-state index in [-0.39, 0.29) is 10.8 Å². The summed E-state index contributed by atoms with van der Waals surface area (Å²) in [6.07, 6.45) is 2.12. The summed E-state index contributed by atoms with van der Waals surface area (Å²) in [5.41, 5.74) is 2.06. The van der Waals surface area contributed by atoms with Crippen LogP contribution in [0.1, 0.15) is 40.3 Å². The standard InChI is InChI=1S/C20H27N3O4S/c1-14-11-16(15(2)27-14)13-21-20(24)18-12-17(28(25,26)22(3)4)7-8-19(18)23-9-5-6-10-23/h7-8,11-12H,5-6,9-10,13H2,1-4H3,(H,21,24). The Hall–Kier alpha value is -2.32. The number of amides is 1. The van der Waals surface area contributed by atoms with Crippen molar-refractivity contribution in [2.24, 2.45) is 0 Å². The van der Waals surface area contributed by atoms with Crippen LogP contribution in [0.4, 0.5) is 5.69 Å². The summed E-state index contributed by atoms with van der Waals surface area (Å²) >= 11 is 0. The van der Waals surface area contributed by atoms with Crippen LogP contribution >= 0.6 is 0 Å². The minimum atomic E-state index is -3.62. The van der Waals surface area contributed by atoms with Gasteiger partial charge < -0.3 is 14.6 Å². The quantitative estimate of drug-likeness (QED) is 0.799. The number of carbonyl (C=O) groups is 1. The second kappa shape index (κ2) is 7.97. The van der Waals surface area contributed by atoms with Gasteiger partial charge in [0.2, 0.25) is 10.0 Å². The van der Waals surface area contributed by atoms with Crippen molar-refractivity contribution < 1.29 is 17.6 Å². The molecule has 1 aliphatic rings. The van der Waals surface area contributed by atoms with Gasteiger partial charge in [0.05, 0.1) is 10.5 Å². The fourth-order valence-electron chi connectivity index (χ4n) is 3.43. The van der Waals surface area contributed by atoms with E-state index in [1.165, 1.54) is 20.2 Å². The summed E-state index contributed by atoms with van der Waals surface area (Å²) < 4.78 is 31.7. The maximum Gasteiger partial charge on any atom is 0.253 e. The van der Waals surface area contributed by atoms with Crippen molar-refractivity contribution in [1.29, 1.82) is 0 Å². The molecule has 1 saturated heterocycles. The van der Waals surface area contributed by atoms with Crippen molar-refractivity contribution in [3.05, 3.63) is 46.9 Å². The van der Waals surface area contributed by atoms with Crippen LogP contribution < -0.4 is 10.2 Å². The maximum atomic E-state index is 13.0.